The van der Waals surface area contributed by atoms with E-state index in [1.54, 1.807) is 47.7 Å². The molecule has 346 valence electrons. The van der Waals surface area contributed by atoms with Crippen molar-refractivity contribution in [2.45, 2.75) is 122 Å². The molecular weight excluding hydrogens is 831 g/mol. The highest BCUT2D eigenvalue weighted by molar-refractivity contribution is 5.96. The average Bonchev–Trinajstić information content (AvgIpc) is 3.84. The van der Waals surface area contributed by atoms with Crippen LogP contribution in [0, 0.1) is 0 Å². The number of H-pyrrole nitrogens is 2. The molecule has 1 aliphatic heterocycles. The molecule has 0 radical (unpaired) electrons. The van der Waals surface area contributed by atoms with Crippen LogP contribution in [0.4, 0.5) is 9.59 Å². The van der Waals surface area contributed by atoms with E-state index in [1.807, 2.05) is 78.9 Å². The molecule has 16 heteroatoms. The van der Waals surface area contributed by atoms with E-state index in [9.17, 15) is 28.8 Å². The number of alkyl carbamates (subject to hydrolysis) is 1. The van der Waals surface area contributed by atoms with E-state index in [4.69, 9.17) is 14.2 Å². The minimum Gasteiger partial charge on any atom is -0.467 e. The van der Waals surface area contributed by atoms with E-state index in [1.165, 1.54) is 12.0 Å². The first kappa shape index (κ1) is 47.6. The van der Waals surface area contributed by atoms with Crippen molar-refractivity contribution in [1.82, 2.24) is 36.1 Å². The van der Waals surface area contributed by atoms with Crippen molar-refractivity contribution in [1.29, 1.82) is 0 Å². The van der Waals surface area contributed by atoms with Crippen molar-refractivity contribution >= 4 is 57.7 Å². The maximum Gasteiger partial charge on any atom is 0.411 e. The van der Waals surface area contributed by atoms with E-state index in [0.717, 1.165) is 44.2 Å². The molecule has 5 aromatic rings. The number of ether oxygens (including phenoxy) is 3. The van der Waals surface area contributed by atoms with Gasteiger partial charge in [0.05, 0.1) is 13.7 Å². The number of fused-ring (bicyclic) bond motifs is 4. The number of methoxy groups -OCH3 is 1. The van der Waals surface area contributed by atoms with Gasteiger partial charge in [-0.25, -0.2) is 14.4 Å². The van der Waals surface area contributed by atoms with E-state index >= 15 is 0 Å². The van der Waals surface area contributed by atoms with Gasteiger partial charge in [0, 0.05) is 59.5 Å². The Morgan fingerprint density at radius 1 is 0.723 bits per heavy atom. The predicted octanol–water partition coefficient (Wildman–Crippen LogP) is 6.12. The zero-order chi connectivity index (χ0) is 46.9. The van der Waals surface area contributed by atoms with Gasteiger partial charge in [0.25, 0.3) is 0 Å². The topological polar surface area (TPSA) is 213 Å². The molecule has 4 atom stereocenters. The number of aromatic nitrogens is 2. The summed E-state index contributed by atoms with van der Waals surface area (Å²) in [5.41, 5.74) is 3.35. The molecule has 5 amide bonds. The highest BCUT2D eigenvalue weighted by Gasteiger charge is 2.40. The Bertz CT molecular complexity index is 2480. The van der Waals surface area contributed by atoms with E-state index < -0.39 is 71.2 Å². The van der Waals surface area contributed by atoms with Crippen molar-refractivity contribution in [3.05, 3.63) is 107 Å². The number of hydrogen-bond donors (Lipinski definition) is 6. The SMILES string of the molecule is COC(=O)[C@H](Cc1c[nH]c2ccccc12)NC(=O)[C@H](Cc1ccccc1)NC(=O)[C@H](CCCCNC(=O)OC(C)(C)C)NC(=O)[C@@H]1Cc2c([nH]c3ccccc23)CN1C(=O)OC(C)(C)C. The lowest BCUT2D eigenvalue weighted by atomic mass is 9.95. The molecule has 6 rings (SSSR count). The third-order valence-electron chi connectivity index (χ3n) is 11.0. The van der Waals surface area contributed by atoms with Gasteiger partial charge in [-0.3, -0.25) is 19.3 Å². The summed E-state index contributed by atoms with van der Waals surface area (Å²) < 4.78 is 16.2. The van der Waals surface area contributed by atoms with Crippen LogP contribution in [-0.2, 0) is 59.2 Å². The van der Waals surface area contributed by atoms with Gasteiger partial charge in [-0.2, -0.15) is 0 Å². The number of hydrogen-bond acceptors (Lipinski definition) is 9. The van der Waals surface area contributed by atoms with Crippen molar-refractivity contribution in [2.75, 3.05) is 13.7 Å². The van der Waals surface area contributed by atoms with Crippen LogP contribution in [0.5, 0.6) is 0 Å². The lowest BCUT2D eigenvalue weighted by molar-refractivity contribution is -0.145. The van der Waals surface area contributed by atoms with Crippen LogP contribution >= 0.6 is 0 Å². The average molecular weight is 892 g/mol. The first-order valence-corrected chi connectivity index (χ1v) is 22.0. The second kappa shape index (κ2) is 20.8. The van der Waals surface area contributed by atoms with Gasteiger partial charge in [-0.15, -0.1) is 0 Å². The standard InChI is InChI=1S/C49H61N7O9/c1-48(2,3)64-46(61)50-24-16-15-23-37(53-44(59)41-27-34-33-20-12-14-22-36(33)52-40(34)29-56(41)47(62)65-49(4,5)6)42(57)54-38(25-30-17-9-8-10-18-30)43(58)55-39(45(60)63-7)26-31-28-51-35-21-13-11-19-32(31)35/h8-14,17-22,28,37-39,41,51-52H,15-16,23-27,29H2,1-7H3,(H,50,61)(H,53,59)(H,54,57)(H,55,58)/t37-,38-,39-,41-/m0/s1. The van der Waals surface area contributed by atoms with Gasteiger partial charge in [0.15, 0.2) is 0 Å². The molecule has 3 heterocycles. The summed E-state index contributed by atoms with van der Waals surface area (Å²) in [4.78, 5) is 90.9. The summed E-state index contributed by atoms with van der Waals surface area (Å²) in [6.07, 6.45) is 1.71. The van der Waals surface area contributed by atoms with Crippen LogP contribution in [-0.4, -0.2) is 99.8 Å². The molecule has 0 unspecified atom stereocenters. The minimum absolute atomic E-state index is 0.0538. The minimum atomic E-state index is -1.20. The Hall–Kier alpha value is -6.84. The molecule has 0 saturated heterocycles. The van der Waals surface area contributed by atoms with E-state index in [-0.39, 0.29) is 38.8 Å². The number of nitrogens with zero attached hydrogens (tertiary/aromatic N) is 1. The fraction of sp³-hybridized carbons (Fsp3) is 0.429. The van der Waals surface area contributed by atoms with Gasteiger partial charge >= 0.3 is 18.2 Å². The van der Waals surface area contributed by atoms with Gasteiger partial charge in [-0.1, -0.05) is 66.7 Å². The molecule has 1 aliphatic rings. The number of esters is 1. The maximum absolute atomic E-state index is 14.6. The first-order valence-electron chi connectivity index (χ1n) is 22.0. The molecule has 0 aliphatic carbocycles. The molecule has 0 saturated carbocycles. The first-order chi connectivity index (χ1) is 30.9. The Morgan fingerprint density at radius 3 is 2.05 bits per heavy atom. The quantitative estimate of drug-likeness (QED) is 0.0382. The number of amides is 5. The highest BCUT2D eigenvalue weighted by Crippen LogP contribution is 2.31. The van der Waals surface area contributed by atoms with Crippen LogP contribution in [0.3, 0.4) is 0 Å². The summed E-state index contributed by atoms with van der Waals surface area (Å²) in [6, 6.07) is 19.8. The van der Waals surface area contributed by atoms with Crippen molar-refractivity contribution in [3.8, 4) is 0 Å². The van der Waals surface area contributed by atoms with E-state index in [2.05, 4.69) is 31.2 Å². The fourth-order valence-electron chi connectivity index (χ4n) is 7.93. The van der Waals surface area contributed by atoms with Crippen molar-refractivity contribution in [3.63, 3.8) is 0 Å². The lowest BCUT2D eigenvalue weighted by Crippen LogP contribution is -2.59. The summed E-state index contributed by atoms with van der Waals surface area (Å²) >= 11 is 0. The molecule has 0 fully saturated rings. The largest absolute Gasteiger partial charge is 0.467 e. The van der Waals surface area contributed by atoms with Gasteiger partial charge in [0.2, 0.25) is 17.7 Å². The normalized spacial score (nSPS) is 15.2. The zero-order valence-corrected chi connectivity index (χ0v) is 38.2. The molecule has 16 nitrogen and oxygen atoms in total. The molecule has 65 heavy (non-hydrogen) atoms. The third-order valence-corrected chi connectivity index (χ3v) is 11.0. The fourth-order valence-corrected chi connectivity index (χ4v) is 7.93. The number of nitrogens with one attached hydrogen (secondary N) is 6. The van der Waals surface area contributed by atoms with Crippen LogP contribution in [0.2, 0.25) is 0 Å². The van der Waals surface area contributed by atoms with Gasteiger partial charge < -0.3 is 45.4 Å². The van der Waals surface area contributed by atoms with Crippen molar-refractivity contribution < 1.29 is 43.0 Å². The molecule has 0 bridgehead atoms. The Balaban J connectivity index is 1.26. The summed E-state index contributed by atoms with van der Waals surface area (Å²) in [5.74, 6) is -2.56. The Kier molecular flexibility index (Phi) is 15.2. The Labute approximate surface area is 378 Å². The predicted molar refractivity (Wildman–Crippen MR) is 246 cm³/mol. The smallest absolute Gasteiger partial charge is 0.411 e. The number of unbranched alkanes of at least 4 members (excludes halogenated alkanes) is 1. The molecule has 2 aromatic heterocycles. The van der Waals surface area contributed by atoms with Gasteiger partial charge in [0.1, 0.15) is 35.4 Å². The second-order valence-electron chi connectivity index (χ2n) is 18.3. The molecule has 3 aromatic carbocycles. The zero-order valence-electron chi connectivity index (χ0n) is 38.2. The van der Waals surface area contributed by atoms with Crippen LogP contribution in [0.25, 0.3) is 21.8 Å². The highest BCUT2D eigenvalue weighted by atomic mass is 16.6. The third kappa shape index (κ3) is 12.9. The number of carbonyl (C=O) groups excluding carboxylic acids is 6. The number of benzene rings is 3. The number of para-hydroxylation sites is 2. The van der Waals surface area contributed by atoms with Gasteiger partial charge in [-0.05, 0) is 89.6 Å². The number of rotatable bonds is 16. The number of aromatic amines is 2. The molecule has 6 N–H and O–H groups in total. The maximum atomic E-state index is 14.6. The second-order valence-corrected chi connectivity index (χ2v) is 18.3. The monoisotopic (exact) mass is 891 g/mol. The molecule has 0 spiro atoms. The van der Waals surface area contributed by atoms with Crippen LogP contribution in [0.15, 0.2) is 85.1 Å². The van der Waals surface area contributed by atoms with Crippen molar-refractivity contribution in [2.24, 2.45) is 0 Å². The summed E-state index contributed by atoms with van der Waals surface area (Å²) in [5, 5.41) is 13.2. The van der Waals surface area contributed by atoms with Crippen LogP contribution in [0.1, 0.15) is 83.2 Å². The van der Waals surface area contributed by atoms with E-state index in [0.29, 0.717) is 12.8 Å². The Morgan fingerprint density at radius 2 is 1.35 bits per heavy atom. The summed E-state index contributed by atoms with van der Waals surface area (Å²) in [7, 11) is 1.24. The lowest BCUT2D eigenvalue weighted by Gasteiger charge is -2.36. The summed E-state index contributed by atoms with van der Waals surface area (Å²) in [6.45, 7) is 10.8. The molecular formula is C49H61N7O9. The number of carbonyl (C=O) groups is 6. The van der Waals surface area contributed by atoms with Crippen LogP contribution < -0.4 is 21.3 Å².